The number of hydrogen-bond acceptors (Lipinski definition) is 2. The van der Waals surface area contributed by atoms with Crippen LogP contribution in [0.4, 0.5) is 0 Å². The van der Waals surface area contributed by atoms with Gasteiger partial charge in [0.25, 0.3) is 0 Å². The van der Waals surface area contributed by atoms with Gasteiger partial charge in [0.15, 0.2) is 5.96 Å². The molecule has 0 aliphatic heterocycles. The number of aliphatic imine (C=N–C) groups is 1. The van der Waals surface area contributed by atoms with Crippen LogP contribution in [-0.2, 0) is 6.54 Å². The average Bonchev–Trinajstić information content (AvgIpc) is 2.03. The summed E-state index contributed by atoms with van der Waals surface area (Å²) in [6.45, 7) is 0.478. The van der Waals surface area contributed by atoms with Crippen LogP contribution in [0.5, 0.6) is 0 Å². The average molecular weight is 229 g/mol. The van der Waals surface area contributed by atoms with Gasteiger partial charge >= 0.3 is 0 Å². The maximum atomic E-state index is 5.19. The van der Waals surface area contributed by atoms with Crippen molar-refractivity contribution in [1.29, 1.82) is 0 Å². The number of halogens is 1. The van der Waals surface area contributed by atoms with Gasteiger partial charge in [-0.15, -0.1) is 0 Å². The highest BCUT2D eigenvalue weighted by molar-refractivity contribution is 9.10. The van der Waals surface area contributed by atoms with Gasteiger partial charge in [0, 0.05) is 16.9 Å². The molecule has 0 unspecified atom stereocenters. The molecular formula is C7H9BrN4. The molecule has 1 aromatic rings. The first-order valence-electron chi connectivity index (χ1n) is 3.34. The highest BCUT2D eigenvalue weighted by Gasteiger charge is 1.96. The molecule has 0 radical (unpaired) electrons. The van der Waals surface area contributed by atoms with Gasteiger partial charge < -0.3 is 11.5 Å². The van der Waals surface area contributed by atoms with Crippen LogP contribution in [0.15, 0.2) is 27.9 Å². The second-order valence-electron chi connectivity index (χ2n) is 2.21. The maximum Gasteiger partial charge on any atom is 0.186 e. The van der Waals surface area contributed by atoms with E-state index in [-0.39, 0.29) is 5.96 Å². The zero-order valence-corrected chi connectivity index (χ0v) is 7.95. The molecule has 64 valence electrons. The Hall–Kier alpha value is -1.10. The standard InChI is InChI=1S/C7H9BrN4/c8-6-4-11-2-1-5(6)3-12-7(9)10/h1-2,4H,3H2,(H4,9,10,12). The summed E-state index contributed by atoms with van der Waals surface area (Å²) < 4.78 is 0.912. The lowest BCUT2D eigenvalue weighted by atomic mass is 10.3. The molecule has 0 saturated carbocycles. The Morgan fingerprint density at radius 2 is 2.33 bits per heavy atom. The van der Waals surface area contributed by atoms with E-state index >= 15 is 0 Å². The molecule has 0 aliphatic carbocycles. The molecule has 4 nitrogen and oxygen atoms in total. The zero-order valence-electron chi connectivity index (χ0n) is 6.37. The van der Waals surface area contributed by atoms with E-state index < -0.39 is 0 Å². The second kappa shape index (κ2) is 4.06. The first kappa shape index (κ1) is 8.99. The van der Waals surface area contributed by atoms with Crippen molar-refractivity contribution in [3.8, 4) is 0 Å². The fourth-order valence-corrected chi connectivity index (χ4v) is 1.08. The molecule has 0 saturated heterocycles. The van der Waals surface area contributed by atoms with Crippen LogP contribution in [0.25, 0.3) is 0 Å². The summed E-state index contributed by atoms with van der Waals surface area (Å²) in [5.74, 6) is 0.0960. The number of aromatic nitrogens is 1. The van der Waals surface area contributed by atoms with E-state index in [2.05, 4.69) is 25.9 Å². The molecule has 4 N–H and O–H groups in total. The van der Waals surface area contributed by atoms with E-state index in [1.54, 1.807) is 12.4 Å². The Balaban J connectivity index is 2.76. The van der Waals surface area contributed by atoms with Gasteiger partial charge in [-0.3, -0.25) is 4.98 Å². The van der Waals surface area contributed by atoms with Crippen molar-refractivity contribution >= 4 is 21.9 Å². The SMILES string of the molecule is NC(N)=NCc1ccncc1Br. The molecule has 12 heavy (non-hydrogen) atoms. The van der Waals surface area contributed by atoms with Gasteiger partial charge in [0.2, 0.25) is 0 Å². The molecule has 0 aliphatic rings. The lowest BCUT2D eigenvalue weighted by molar-refractivity contribution is 1.03. The van der Waals surface area contributed by atoms with Gasteiger partial charge in [0.1, 0.15) is 0 Å². The summed E-state index contributed by atoms with van der Waals surface area (Å²) >= 11 is 3.33. The number of pyridine rings is 1. The highest BCUT2D eigenvalue weighted by Crippen LogP contribution is 2.14. The Kier molecular flexibility index (Phi) is 3.04. The lowest BCUT2D eigenvalue weighted by Gasteiger charge is -1.98. The number of rotatable bonds is 2. The molecule has 1 rings (SSSR count). The minimum atomic E-state index is 0.0960. The van der Waals surface area contributed by atoms with Crippen molar-refractivity contribution in [2.24, 2.45) is 16.5 Å². The Bertz CT molecular complexity index is 293. The van der Waals surface area contributed by atoms with Crippen molar-refractivity contribution in [1.82, 2.24) is 4.98 Å². The normalized spacial score (nSPS) is 9.42. The van der Waals surface area contributed by atoms with Crippen molar-refractivity contribution in [3.63, 3.8) is 0 Å². The van der Waals surface area contributed by atoms with E-state index in [9.17, 15) is 0 Å². The maximum absolute atomic E-state index is 5.19. The third-order valence-corrected chi connectivity index (χ3v) is 2.00. The van der Waals surface area contributed by atoms with E-state index in [4.69, 9.17) is 11.5 Å². The van der Waals surface area contributed by atoms with E-state index in [0.29, 0.717) is 6.54 Å². The third-order valence-electron chi connectivity index (χ3n) is 1.29. The Morgan fingerprint density at radius 3 is 2.92 bits per heavy atom. The molecule has 5 heteroatoms. The molecule has 0 amide bonds. The van der Waals surface area contributed by atoms with Gasteiger partial charge in [-0.1, -0.05) is 0 Å². The van der Waals surface area contributed by atoms with Crippen molar-refractivity contribution in [2.45, 2.75) is 6.54 Å². The summed E-state index contributed by atoms with van der Waals surface area (Å²) in [4.78, 5) is 7.78. The topological polar surface area (TPSA) is 77.3 Å². The second-order valence-corrected chi connectivity index (χ2v) is 3.06. The number of nitrogens with two attached hydrogens (primary N) is 2. The smallest absolute Gasteiger partial charge is 0.186 e. The van der Waals surface area contributed by atoms with Crippen LogP contribution < -0.4 is 11.5 Å². The molecule has 0 bridgehead atoms. The van der Waals surface area contributed by atoms with Crippen molar-refractivity contribution in [3.05, 3.63) is 28.5 Å². The quantitative estimate of drug-likeness (QED) is 0.576. The van der Waals surface area contributed by atoms with Gasteiger partial charge in [0.05, 0.1) is 6.54 Å². The molecule has 1 aromatic heterocycles. The van der Waals surface area contributed by atoms with Crippen LogP contribution in [0.1, 0.15) is 5.56 Å². The number of nitrogens with zero attached hydrogens (tertiary/aromatic N) is 2. The van der Waals surface area contributed by atoms with Gasteiger partial charge in [-0.05, 0) is 27.6 Å². The predicted molar refractivity (Wildman–Crippen MR) is 51.5 cm³/mol. The Morgan fingerprint density at radius 1 is 1.58 bits per heavy atom. The van der Waals surface area contributed by atoms with E-state index in [1.807, 2.05) is 6.07 Å². The number of guanidine groups is 1. The lowest BCUT2D eigenvalue weighted by Crippen LogP contribution is -2.22. The molecule has 0 atom stereocenters. The first-order valence-corrected chi connectivity index (χ1v) is 4.13. The van der Waals surface area contributed by atoms with E-state index in [1.165, 1.54) is 0 Å². The Labute approximate surface area is 78.8 Å². The molecule has 0 aromatic carbocycles. The fraction of sp³-hybridized carbons (Fsp3) is 0.143. The van der Waals surface area contributed by atoms with Crippen LogP contribution in [0.3, 0.4) is 0 Å². The summed E-state index contributed by atoms with van der Waals surface area (Å²) in [7, 11) is 0. The molecular weight excluding hydrogens is 220 g/mol. The predicted octanol–water partition coefficient (Wildman–Crippen LogP) is 0.617. The van der Waals surface area contributed by atoms with E-state index in [0.717, 1.165) is 10.0 Å². The molecule has 0 spiro atoms. The van der Waals surface area contributed by atoms with Crippen molar-refractivity contribution < 1.29 is 0 Å². The number of hydrogen-bond donors (Lipinski definition) is 2. The van der Waals surface area contributed by atoms with Gasteiger partial charge in [-0.25, -0.2) is 4.99 Å². The first-order chi connectivity index (χ1) is 5.70. The van der Waals surface area contributed by atoms with Crippen LogP contribution in [-0.4, -0.2) is 10.9 Å². The van der Waals surface area contributed by atoms with Crippen LogP contribution in [0.2, 0.25) is 0 Å². The summed E-state index contributed by atoms with van der Waals surface area (Å²) in [6, 6.07) is 1.86. The minimum absolute atomic E-state index is 0.0960. The fourth-order valence-electron chi connectivity index (χ4n) is 0.709. The van der Waals surface area contributed by atoms with Gasteiger partial charge in [-0.2, -0.15) is 0 Å². The van der Waals surface area contributed by atoms with Crippen molar-refractivity contribution in [2.75, 3.05) is 0 Å². The summed E-state index contributed by atoms with van der Waals surface area (Å²) in [5, 5.41) is 0. The largest absolute Gasteiger partial charge is 0.370 e. The summed E-state index contributed by atoms with van der Waals surface area (Å²) in [5.41, 5.74) is 11.4. The minimum Gasteiger partial charge on any atom is -0.370 e. The molecule has 1 heterocycles. The van der Waals surface area contributed by atoms with Crippen LogP contribution in [0, 0.1) is 0 Å². The summed E-state index contributed by atoms with van der Waals surface area (Å²) in [6.07, 6.45) is 3.40. The monoisotopic (exact) mass is 228 g/mol. The highest BCUT2D eigenvalue weighted by atomic mass is 79.9. The van der Waals surface area contributed by atoms with Crippen LogP contribution >= 0.6 is 15.9 Å². The molecule has 0 fully saturated rings. The zero-order chi connectivity index (χ0) is 8.97. The third kappa shape index (κ3) is 2.50.